The van der Waals surface area contributed by atoms with E-state index in [1.165, 1.54) is 4.31 Å². The van der Waals surface area contributed by atoms with Crippen LogP contribution in [0.1, 0.15) is 19.3 Å². The third-order valence-corrected chi connectivity index (χ3v) is 7.92. The lowest BCUT2D eigenvalue weighted by Crippen LogP contribution is -2.45. The first-order valence-electron chi connectivity index (χ1n) is 8.61. The number of carbonyl (C=O) groups is 1. The van der Waals surface area contributed by atoms with Crippen LogP contribution in [0.3, 0.4) is 0 Å². The molecular formula is C17H24BrN3O3S. The number of hydrogen-bond donors (Lipinski definition) is 1. The monoisotopic (exact) mass is 429 g/mol. The van der Waals surface area contributed by atoms with Gasteiger partial charge in [-0.3, -0.25) is 4.79 Å². The number of nitrogens with one attached hydrogen (secondary N) is 1. The van der Waals surface area contributed by atoms with Crippen molar-refractivity contribution in [2.45, 2.75) is 30.2 Å². The van der Waals surface area contributed by atoms with Gasteiger partial charge in [-0.15, -0.1) is 0 Å². The number of nitrogens with zero attached hydrogens (tertiary/aromatic N) is 2. The van der Waals surface area contributed by atoms with Gasteiger partial charge in [0.05, 0.1) is 10.8 Å². The summed E-state index contributed by atoms with van der Waals surface area (Å²) in [6, 6.07) is 7.00. The van der Waals surface area contributed by atoms with Crippen molar-refractivity contribution in [2.24, 2.45) is 5.92 Å². The van der Waals surface area contributed by atoms with Crippen LogP contribution in [0.2, 0.25) is 0 Å². The van der Waals surface area contributed by atoms with Crippen molar-refractivity contribution in [2.75, 3.05) is 33.2 Å². The van der Waals surface area contributed by atoms with Gasteiger partial charge in [0.15, 0.2) is 0 Å². The Bertz CT molecular complexity index is 732. The second-order valence-electron chi connectivity index (χ2n) is 6.87. The zero-order valence-electron chi connectivity index (χ0n) is 14.3. The standard InChI is InChI=1S/C17H24BrN3O3S/c1-20-9-7-14(8-10-20)19-17(22)13-6-11-21(12-13)25(23,24)16-5-3-2-4-15(16)18/h2-5,13-14H,6-12H2,1H3,(H,19,22). The molecule has 1 amide bonds. The number of amides is 1. The molecular weight excluding hydrogens is 406 g/mol. The van der Waals surface area contributed by atoms with Gasteiger partial charge in [0, 0.05) is 23.6 Å². The number of benzene rings is 1. The number of likely N-dealkylation sites (tertiary alicyclic amines) is 1. The van der Waals surface area contributed by atoms with Gasteiger partial charge in [0.1, 0.15) is 0 Å². The first-order chi connectivity index (χ1) is 11.9. The van der Waals surface area contributed by atoms with Crippen LogP contribution in [0.25, 0.3) is 0 Å². The maximum absolute atomic E-state index is 12.8. The van der Waals surface area contributed by atoms with Gasteiger partial charge in [-0.25, -0.2) is 8.42 Å². The minimum absolute atomic E-state index is 0.0145. The van der Waals surface area contributed by atoms with Crippen molar-refractivity contribution in [1.82, 2.24) is 14.5 Å². The zero-order valence-corrected chi connectivity index (χ0v) is 16.7. The van der Waals surface area contributed by atoms with Crippen molar-refractivity contribution in [3.8, 4) is 0 Å². The summed E-state index contributed by atoms with van der Waals surface area (Å²) in [5.41, 5.74) is 0. The maximum atomic E-state index is 12.8. The van der Waals surface area contributed by atoms with Crippen molar-refractivity contribution >= 4 is 31.9 Å². The number of sulfonamides is 1. The van der Waals surface area contributed by atoms with Gasteiger partial charge < -0.3 is 10.2 Å². The quantitative estimate of drug-likeness (QED) is 0.789. The summed E-state index contributed by atoms with van der Waals surface area (Å²) in [6.07, 6.45) is 2.48. The fraction of sp³-hybridized carbons (Fsp3) is 0.588. The molecule has 0 saturated carbocycles. The summed E-state index contributed by atoms with van der Waals surface area (Å²) in [5, 5.41) is 3.11. The number of piperidine rings is 1. The minimum Gasteiger partial charge on any atom is -0.353 e. The van der Waals surface area contributed by atoms with E-state index in [1.54, 1.807) is 24.3 Å². The van der Waals surface area contributed by atoms with E-state index in [1.807, 2.05) is 0 Å². The molecule has 1 aromatic carbocycles. The lowest BCUT2D eigenvalue weighted by molar-refractivity contribution is -0.125. The average molecular weight is 430 g/mol. The SMILES string of the molecule is CN1CCC(NC(=O)C2CCN(S(=O)(=O)c3ccccc3Br)C2)CC1. The molecule has 6 nitrogen and oxygen atoms in total. The maximum Gasteiger partial charge on any atom is 0.244 e. The molecule has 1 aromatic rings. The summed E-state index contributed by atoms with van der Waals surface area (Å²) in [6.45, 7) is 2.60. The number of carbonyl (C=O) groups excluding carboxylic acids is 1. The normalized spacial score (nSPS) is 23.7. The Hall–Kier alpha value is -0.960. The molecule has 1 N–H and O–H groups in total. The molecule has 1 atom stereocenters. The number of rotatable bonds is 4. The van der Waals surface area contributed by atoms with Crippen molar-refractivity contribution in [3.05, 3.63) is 28.7 Å². The molecule has 1 unspecified atom stereocenters. The highest BCUT2D eigenvalue weighted by Gasteiger charge is 2.37. The molecule has 25 heavy (non-hydrogen) atoms. The molecule has 0 aromatic heterocycles. The summed E-state index contributed by atoms with van der Waals surface area (Å²) in [7, 11) is -1.49. The molecule has 2 heterocycles. The summed E-state index contributed by atoms with van der Waals surface area (Å²) in [5.74, 6) is -0.281. The van der Waals surface area contributed by atoms with E-state index >= 15 is 0 Å². The van der Waals surface area contributed by atoms with E-state index < -0.39 is 10.0 Å². The van der Waals surface area contributed by atoms with E-state index in [0.29, 0.717) is 17.4 Å². The topological polar surface area (TPSA) is 69.7 Å². The first kappa shape index (κ1) is 18.8. The summed E-state index contributed by atoms with van der Waals surface area (Å²) < 4.78 is 27.6. The van der Waals surface area contributed by atoms with E-state index in [9.17, 15) is 13.2 Å². The Morgan fingerprint density at radius 3 is 2.52 bits per heavy atom. The Morgan fingerprint density at radius 2 is 1.84 bits per heavy atom. The summed E-state index contributed by atoms with van der Waals surface area (Å²) >= 11 is 3.30. The lowest BCUT2D eigenvalue weighted by Gasteiger charge is -2.30. The van der Waals surface area contributed by atoms with E-state index in [-0.39, 0.29) is 29.3 Å². The Morgan fingerprint density at radius 1 is 1.16 bits per heavy atom. The molecule has 2 aliphatic heterocycles. The second kappa shape index (κ2) is 7.73. The molecule has 3 rings (SSSR count). The van der Waals surface area contributed by atoms with Crippen LogP contribution >= 0.6 is 15.9 Å². The largest absolute Gasteiger partial charge is 0.353 e. The van der Waals surface area contributed by atoms with Gasteiger partial charge in [-0.2, -0.15) is 4.31 Å². The van der Waals surface area contributed by atoms with Crippen LogP contribution in [0, 0.1) is 5.92 Å². The average Bonchev–Trinajstić information content (AvgIpc) is 3.08. The molecule has 2 aliphatic rings. The third-order valence-electron chi connectivity index (χ3n) is 5.04. The van der Waals surface area contributed by atoms with Crippen LogP contribution in [-0.2, 0) is 14.8 Å². The first-order valence-corrected chi connectivity index (χ1v) is 10.8. The van der Waals surface area contributed by atoms with Crippen LogP contribution < -0.4 is 5.32 Å². The third kappa shape index (κ3) is 4.24. The van der Waals surface area contributed by atoms with Crippen molar-refractivity contribution in [3.63, 3.8) is 0 Å². The predicted octanol–water partition coefficient (Wildman–Crippen LogP) is 1.67. The van der Waals surface area contributed by atoms with Gasteiger partial charge in [-0.1, -0.05) is 12.1 Å². The van der Waals surface area contributed by atoms with Crippen LogP contribution in [0.4, 0.5) is 0 Å². The van der Waals surface area contributed by atoms with Gasteiger partial charge >= 0.3 is 0 Å². The Balaban J connectivity index is 1.61. The Kier molecular flexibility index (Phi) is 5.82. The molecule has 0 aliphatic carbocycles. The molecule has 2 saturated heterocycles. The zero-order chi connectivity index (χ0) is 18.0. The minimum atomic E-state index is -3.58. The van der Waals surface area contributed by atoms with Crippen LogP contribution in [0.15, 0.2) is 33.6 Å². The smallest absolute Gasteiger partial charge is 0.244 e. The molecule has 138 valence electrons. The Labute approximate surface area is 157 Å². The van der Waals surface area contributed by atoms with E-state index in [0.717, 1.165) is 25.9 Å². The highest BCUT2D eigenvalue weighted by atomic mass is 79.9. The van der Waals surface area contributed by atoms with E-state index in [2.05, 4.69) is 33.2 Å². The van der Waals surface area contributed by atoms with Crippen LogP contribution in [-0.4, -0.2) is 62.8 Å². The molecule has 2 fully saturated rings. The van der Waals surface area contributed by atoms with Gasteiger partial charge in [-0.05, 0) is 67.5 Å². The fourth-order valence-electron chi connectivity index (χ4n) is 3.43. The number of hydrogen-bond acceptors (Lipinski definition) is 4. The van der Waals surface area contributed by atoms with Gasteiger partial charge in [0.25, 0.3) is 0 Å². The fourth-order valence-corrected chi connectivity index (χ4v) is 5.89. The number of halogens is 1. The molecule has 0 spiro atoms. The second-order valence-corrected chi connectivity index (χ2v) is 9.63. The lowest BCUT2D eigenvalue weighted by atomic mass is 10.0. The van der Waals surface area contributed by atoms with Crippen molar-refractivity contribution in [1.29, 1.82) is 0 Å². The molecule has 8 heteroatoms. The summed E-state index contributed by atoms with van der Waals surface area (Å²) in [4.78, 5) is 15.0. The van der Waals surface area contributed by atoms with Gasteiger partial charge in [0.2, 0.25) is 15.9 Å². The highest BCUT2D eigenvalue weighted by molar-refractivity contribution is 9.10. The van der Waals surface area contributed by atoms with E-state index in [4.69, 9.17) is 0 Å². The molecule has 0 bridgehead atoms. The van der Waals surface area contributed by atoms with Crippen molar-refractivity contribution < 1.29 is 13.2 Å². The predicted molar refractivity (Wildman–Crippen MR) is 99.7 cm³/mol. The molecule has 0 radical (unpaired) electrons. The van der Waals surface area contributed by atoms with Crippen LogP contribution in [0.5, 0.6) is 0 Å². The highest BCUT2D eigenvalue weighted by Crippen LogP contribution is 2.29.